The highest BCUT2D eigenvalue weighted by Gasteiger charge is 2.46. The van der Waals surface area contributed by atoms with Crippen molar-refractivity contribution >= 4 is 5.97 Å². The van der Waals surface area contributed by atoms with Crippen molar-refractivity contribution in [1.29, 1.82) is 0 Å². The number of nitrogens with two attached hydrogens (primary N) is 1. The lowest BCUT2D eigenvalue weighted by Crippen LogP contribution is -2.60. The van der Waals surface area contributed by atoms with Crippen LogP contribution in [0.3, 0.4) is 0 Å². The maximum atomic E-state index is 12.0. The molecule has 1 aliphatic heterocycles. The van der Waals surface area contributed by atoms with Crippen molar-refractivity contribution in [2.45, 2.75) is 57.2 Å². The molecule has 0 radical (unpaired) electrons. The molecule has 0 aromatic rings. The SMILES string of the molecule is CCOC(=O)C1(N)CCC(N2CCN(C)C(C)(C)C2)C1. The first-order valence-electron chi connectivity index (χ1n) is 7.70. The third-order valence-electron chi connectivity index (χ3n) is 5.07. The van der Waals surface area contributed by atoms with Crippen LogP contribution in [0.25, 0.3) is 0 Å². The molecule has 0 aromatic carbocycles. The monoisotopic (exact) mass is 283 g/mol. The number of hydrogen-bond acceptors (Lipinski definition) is 5. The van der Waals surface area contributed by atoms with Crippen LogP contribution >= 0.6 is 0 Å². The van der Waals surface area contributed by atoms with E-state index in [9.17, 15) is 4.79 Å². The third kappa shape index (κ3) is 3.00. The molecular weight excluding hydrogens is 254 g/mol. The molecule has 1 aliphatic carbocycles. The van der Waals surface area contributed by atoms with Crippen molar-refractivity contribution in [3.05, 3.63) is 0 Å². The van der Waals surface area contributed by atoms with Crippen molar-refractivity contribution in [1.82, 2.24) is 9.80 Å². The van der Waals surface area contributed by atoms with Crippen LogP contribution in [0.1, 0.15) is 40.0 Å². The van der Waals surface area contributed by atoms with Gasteiger partial charge in [-0.15, -0.1) is 0 Å². The van der Waals surface area contributed by atoms with Crippen LogP contribution in [0.4, 0.5) is 0 Å². The smallest absolute Gasteiger partial charge is 0.326 e. The Labute approximate surface area is 122 Å². The molecule has 5 nitrogen and oxygen atoms in total. The maximum absolute atomic E-state index is 12.0. The first-order chi connectivity index (χ1) is 9.28. The summed E-state index contributed by atoms with van der Waals surface area (Å²) < 4.78 is 5.13. The Morgan fingerprint density at radius 3 is 2.70 bits per heavy atom. The quantitative estimate of drug-likeness (QED) is 0.777. The van der Waals surface area contributed by atoms with E-state index in [0.717, 1.165) is 38.9 Å². The van der Waals surface area contributed by atoms with E-state index >= 15 is 0 Å². The molecule has 0 amide bonds. The van der Waals surface area contributed by atoms with E-state index in [4.69, 9.17) is 10.5 Å². The largest absolute Gasteiger partial charge is 0.465 e. The number of carbonyl (C=O) groups is 1. The van der Waals surface area contributed by atoms with E-state index in [1.165, 1.54) is 0 Å². The Hall–Kier alpha value is -0.650. The molecule has 2 N–H and O–H groups in total. The summed E-state index contributed by atoms with van der Waals surface area (Å²) in [6.07, 6.45) is 2.46. The Kier molecular flexibility index (Phi) is 4.42. The zero-order valence-electron chi connectivity index (χ0n) is 13.3. The van der Waals surface area contributed by atoms with Gasteiger partial charge >= 0.3 is 5.97 Å². The number of piperazine rings is 1. The van der Waals surface area contributed by atoms with Crippen molar-refractivity contribution in [2.24, 2.45) is 5.73 Å². The van der Waals surface area contributed by atoms with Gasteiger partial charge in [-0.1, -0.05) is 0 Å². The van der Waals surface area contributed by atoms with Gasteiger partial charge in [0, 0.05) is 31.2 Å². The second-order valence-corrected chi connectivity index (χ2v) is 6.98. The Bertz CT molecular complexity index is 372. The summed E-state index contributed by atoms with van der Waals surface area (Å²) in [7, 11) is 2.18. The Morgan fingerprint density at radius 2 is 2.10 bits per heavy atom. The number of ether oxygens (including phenoxy) is 1. The molecule has 5 heteroatoms. The minimum atomic E-state index is -0.770. The minimum Gasteiger partial charge on any atom is -0.465 e. The first-order valence-corrected chi connectivity index (χ1v) is 7.70. The molecule has 2 fully saturated rings. The van der Waals surface area contributed by atoms with Gasteiger partial charge < -0.3 is 10.5 Å². The summed E-state index contributed by atoms with van der Waals surface area (Å²) >= 11 is 0. The Balaban J connectivity index is 1.98. The molecule has 2 aliphatic rings. The van der Waals surface area contributed by atoms with Gasteiger partial charge in [0.25, 0.3) is 0 Å². The fraction of sp³-hybridized carbons (Fsp3) is 0.933. The second kappa shape index (κ2) is 5.62. The van der Waals surface area contributed by atoms with Crippen molar-refractivity contribution in [3.8, 4) is 0 Å². The summed E-state index contributed by atoms with van der Waals surface area (Å²) in [4.78, 5) is 16.9. The highest BCUT2D eigenvalue weighted by Crippen LogP contribution is 2.34. The van der Waals surface area contributed by atoms with Crippen LogP contribution in [0.5, 0.6) is 0 Å². The van der Waals surface area contributed by atoms with Gasteiger partial charge in [-0.25, -0.2) is 0 Å². The topological polar surface area (TPSA) is 58.8 Å². The molecule has 116 valence electrons. The molecule has 0 bridgehead atoms. The number of hydrogen-bond donors (Lipinski definition) is 1. The summed E-state index contributed by atoms with van der Waals surface area (Å²) in [6, 6.07) is 0.414. The van der Waals surface area contributed by atoms with E-state index in [1.54, 1.807) is 0 Å². The van der Waals surface area contributed by atoms with E-state index < -0.39 is 5.54 Å². The molecule has 1 heterocycles. The summed E-state index contributed by atoms with van der Waals surface area (Å²) in [5.74, 6) is -0.226. The normalized spacial score (nSPS) is 35.1. The van der Waals surface area contributed by atoms with Crippen LogP contribution in [-0.2, 0) is 9.53 Å². The zero-order chi connectivity index (χ0) is 15.0. The van der Waals surface area contributed by atoms with Crippen molar-refractivity contribution < 1.29 is 9.53 Å². The van der Waals surface area contributed by atoms with Gasteiger partial charge in [-0.05, 0) is 47.1 Å². The average Bonchev–Trinajstić information content (AvgIpc) is 2.77. The second-order valence-electron chi connectivity index (χ2n) is 6.98. The van der Waals surface area contributed by atoms with Gasteiger partial charge in [0.15, 0.2) is 0 Å². The molecule has 1 saturated heterocycles. The molecular formula is C15H29N3O2. The van der Waals surface area contributed by atoms with Gasteiger partial charge in [-0.3, -0.25) is 14.6 Å². The number of esters is 1. The lowest BCUT2D eigenvalue weighted by Gasteiger charge is -2.47. The summed E-state index contributed by atoms with van der Waals surface area (Å²) in [6.45, 7) is 9.95. The molecule has 2 atom stereocenters. The third-order valence-corrected chi connectivity index (χ3v) is 5.07. The van der Waals surface area contributed by atoms with Gasteiger partial charge in [0.1, 0.15) is 5.54 Å². The van der Waals surface area contributed by atoms with E-state index in [2.05, 4.69) is 30.7 Å². The molecule has 2 rings (SSSR count). The highest BCUT2D eigenvalue weighted by atomic mass is 16.5. The molecule has 0 spiro atoms. The average molecular weight is 283 g/mol. The minimum absolute atomic E-state index is 0.183. The lowest BCUT2D eigenvalue weighted by atomic mass is 9.96. The predicted molar refractivity (Wildman–Crippen MR) is 79.5 cm³/mol. The number of rotatable bonds is 3. The standard InChI is InChI=1S/C15H29N3O2/c1-5-20-13(19)15(16)7-6-12(10-15)18-9-8-17(4)14(2,3)11-18/h12H,5-11,16H2,1-4H3. The zero-order valence-corrected chi connectivity index (χ0v) is 13.3. The van der Waals surface area contributed by atoms with Crippen LogP contribution in [0.2, 0.25) is 0 Å². The highest BCUT2D eigenvalue weighted by molar-refractivity contribution is 5.81. The Morgan fingerprint density at radius 1 is 1.40 bits per heavy atom. The van der Waals surface area contributed by atoms with E-state index in [0.29, 0.717) is 12.6 Å². The van der Waals surface area contributed by atoms with Gasteiger partial charge in [-0.2, -0.15) is 0 Å². The van der Waals surface area contributed by atoms with Crippen LogP contribution < -0.4 is 5.73 Å². The summed E-state index contributed by atoms with van der Waals surface area (Å²) in [5, 5.41) is 0. The fourth-order valence-corrected chi connectivity index (χ4v) is 3.41. The van der Waals surface area contributed by atoms with Crippen LogP contribution in [0, 0.1) is 0 Å². The molecule has 20 heavy (non-hydrogen) atoms. The van der Waals surface area contributed by atoms with E-state index in [1.807, 2.05) is 6.92 Å². The first kappa shape index (κ1) is 15.7. The lowest BCUT2D eigenvalue weighted by molar-refractivity contribution is -0.149. The fourth-order valence-electron chi connectivity index (χ4n) is 3.41. The van der Waals surface area contributed by atoms with E-state index in [-0.39, 0.29) is 11.5 Å². The van der Waals surface area contributed by atoms with Crippen molar-refractivity contribution in [3.63, 3.8) is 0 Å². The van der Waals surface area contributed by atoms with Crippen LogP contribution in [-0.4, -0.2) is 66.2 Å². The molecule has 1 saturated carbocycles. The van der Waals surface area contributed by atoms with Crippen LogP contribution in [0.15, 0.2) is 0 Å². The predicted octanol–water partition coefficient (Wildman–Crippen LogP) is 0.826. The number of nitrogens with zero attached hydrogens (tertiary/aromatic N) is 2. The van der Waals surface area contributed by atoms with Gasteiger partial charge in [0.05, 0.1) is 6.61 Å². The number of carbonyl (C=O) groups excluding carboxylic acids is 1. The molecule has 0 aromatic heterocycles. The maximum Gasteiger partial charge on any atom is 0.326 e. The van der Waals surface area contributed by atoms with Crippen molar-refractivity contribution in [2.75, 3.05) is 33.3 Å². The summed E-state index contributed by atoms with van der Waals surface area (Å²) in [5.41, 5.74) is 5.68. The molecule has 2 unspecified atom stereocenters. The van der Waals surface area contributed by atoms with Gasteiger partial charge in [0.2, 0.25) is 0 Å². The number of likely N-dealkylation sites (N-methyl/N-ethyl adjacent to an activating group) is 1.